The van der Waals surface area contributed by atoms with Crippen LogP contribution in [0.15, 0.2) is 78.0 Å². The largest absolute Gasteiger partial charge is 0.495 e. The van der Waals surface area contributed by atoms with Gasteiger partial charge in [-0.05, 0) is 47.5 Å². The van der Waals surface area contributed by atoms with Gasteiger partial charge in [0.15, 0.2) is 6.10 Å². The highest BCUT2D eigenvalue weighted by Gasteiger charge is 2.31. The van der Waals surface area contributed by atoms with Crippen LogP contribution in [0.3, 0.4) is 0 Å². The molecule has 1 N–H and O–H groups in total. The fourth-order valence-corrected chi connectivity index (χ4v) is 3.77. The van der Waals surface area contributed by atoms with Gasteiger partial charge in [-0.3, -0.25) is 0 Å². The van der Waals surface area contributed by atoms with Gasteiger partial charge in [0, 0.05) is 13.0 Å². The summed E-state index contributed by atoms with van der Waals surface area (Å²) in [6, 6.07) is 16.8. The molecule has 36 heavy (non-hydrogen) atoms. The zero-order valence-electron chi connectivity index (χ0n) is 19.3. The van der Waals surface area contributed by atoms with Gasteiger partial charge in [0.25, 0.3) is 0 Å². The van der Waals surface area contributed by atoms with Crippen LogP contribution < -0.4 is 10.1 Å². The number of alkyl halides is 3. The van der Waals surface area contributed by atoms with Crippen molar-refractivity contribution in [3.8, 4) is 5.75 Å². The summed E-state index contributed by atoms with van der Waals surface area (Å²) in [5.41, 5.74) is 1.49. The molecule has 0 aromatic heterocycles. The van der Waals surface area contributed by atoms with Crippen LogP contribution in [0.5, 0.6) is 5.75 Å². The third kappa shape index (κ3) is 6.12. The van der Waals surface area contributed by atoms with Crippen LogP contribution in [0.2, 0.25) is 0 Å². The number of ether oxygens (including phenoxy) is 1. The maximum absolute atomic E-state index is 13.2. The summed E-state index contributed by atoms with van der Waals surface area (Å²) in [6.07, 6.45) is -4.58. The molecule has 0 saturated heterocycles. The Labute approximate surface area is 205 Å². The van der Waals surface area contributed by atoms with Crippen molar-refractivity contribution in [2.45, 2.75) is 25.2 Å². The van der Waals surface area contributed by atoms with Crippen molar-refractivity contribution in [2.24, 2.45) is 5.16 Å². The highest BCUT2D eigenvalue weighted by Crippen LogP contribution is 2.30. The first-order valence-electron chi connectivity index (χ1n) is 11.1. The van der Waals surface area contributed by atoms with Crippen LogP contribution in [-0.2, 0) is 17.6 Å². The second-order valence-corrected chi connectivity index (χ2v) is 8.18. The Morgan fingerprint density at radius 1 is 1.08 bits per heavy atom. The number of carbonyl (C=O) groups excluding carboxylic acids is 1. The summed E-state index contributed by atoms with van der Waals surface area (Å²) in [5, 5.41) is 6.87. The molecule has 0 radical (unpaired) electrons. The Kier molecular flexibility index (Phi) is 7.42. The molecular weight excluding hydrogens is 478 g/mol. The standard InChI is InChI=1S/C26H23F4N3O3/c1-35-24-5-3-2-4-22(24)31-25(34)33(15-17-6-10-19(11-7-17)26(28,29)30)16-21-14-23(32-36-21)18-8-12-20(27)13-9-18/h2-13,21H,14-16H2,1H3,(H,31,34)/t21-/m0/s1. The van der Waals surface area contributed by atoms with E-state index in [0.29, 0.717) is 34.7 Å². The Morgan fingerprint density at radius 2 is 1.78 bits per heavy atom. The number of hydrogen-bond acceptors (Lipinski definition) is 4. The van der Waals surface area contributed by atoms with Crippen LogP contribution >= 0.6 is 0 Å². The van der Waals surface area contributed by atoms with E-state index in [9.17, 15) is 22.4 Å². The lowest BCUT2D eigenvalue weighted by Gasteiger charge is -2.26. The molecule has 0 unspecified atom stereocenters. The van der Waals surface area contributed by atoms with Crippen LogP contribution in [0.25, 0.3) is 0 Å². The van der Waals surface area contributed by atoms with Gasteiger partial charge in [0.1, 0.15) is 11.6 Å². The highest BCUT2D eigenvalue weighted by molar-refractivity contribution is 6.01. The molecule has 0 aliphatic carbocycles. The van der Waals surface area contributed by atoms with Crippen LogP contribution in [0, 0.1) is 5.82 Å². The summed E-state index contributed by atoms with van der Waals surface area (Å²) in [4.78, 5) is 20.2. The van der Waals surface area contributed by atoms with Gasteiger partial charge in [-0.25, -0.2) is 9.18 Å². The first kappa shape index (κ1) is 25.0. The Balaban J connectivity index is 1.50. The van der Waals surface area contributed by atoms with Crippen molar-refractivity contribution in [1.29, 1.82) is 0 Å². The van der Waals surface area contributed by atoms with E-state index in [0.717, 1.165) is 12.1 Å². The topological polar surface area (TPSA) is 63.2 Å². The smallest absolute Gasteiger partial charge is 0.416 e. The average molecular weight is 501 g/mol. The molecule has 2 amide bonds. The molecule has 1 aliphatic rings. The van der Waals surface area contributed by atoms with E-state index in [1.807, 2.05) is 0 Å². The van der Waals surface area contributed by atoms with Gasteiger partial charge >= 0.3 is 12.2 Å². The number of halogens is 4. The second-order valence-electron chi connectivity index (χ2n) is 8.18. The number of oxime groups is 1. The molecule has 10 heteroatoms. The summed E-state index contributed by atoms with van der Waals surface area (Å²) in [6.45, 7) is 0.140. The predicted molar refractivity (Wildman–Crippen MR) is 126 cm³/mol. The van der Waals surface area contributed by atoms with Gasteiger partial charge in [-0.1, -0.05) is 41.6 Å². The van der Waals surface area contributed by atoms with E-state index in [1.54, 1.807) is 36.4 Å². The van der Waals surface area contributed by atoms with Gasteiger partial charge in [-0.15, -0.1) is 0 Å². The lowest BCUT2D eigenvalue weighted by atomic mass is 10.0. The number of methoxy groups -OCH3 is 1. The van der Waals surface area contributed by atoms with Crippen molar-refractivity contribution in [3.05, 3.63) is 95.3 Å². The fraction of sp³-hybridized carbons (Fsp3) is 0.231. The Morgan fingerprint density at radius 3 is 2.44 bits per heavy atom. The van der Waals surface area contributed by atoms with E-state index in [2.05, 4.69) is 10.5 Å². The van der Waals surface area contributed by atoms with Crippen LogP contribution in [0.1, 0.15) is 23.1 Å². The summed E-state index contributed by atoms with van der Waals surface area (Å²) >= 11 is 0. The number of urea groups is 1. The van der Waals surface area contributed by atoms with Gasteiger partial charge in [0.05, 0.1) is 30.6 Å². The maximum Gasteiger partial charge on any atom is 0.416 e. The van der Waals surface area contributed by atoms with Crippen molar-refractivity contribution >= 4 is 17.4 Å². The Bertz CT molecular complexity index is 1230. The number of nitrogens with one attached hydrogen (secondary N) is 1. The first-order chi connectivity index (χ1) is 17.2. The van der Waals surface area contributed by atoms with Gasteiger partial charge < -0.3 is 19.8 Å². The van der Waals surface area contributed by atoms with Crippen molar-refractivity contribution in [2.75, 3.05) is 19.0 Å². The molecular formula is C26H23F4N3O3. The number of rotatable bonds is 7. The van der Waals surface area contributed by atoms with E-state index < -0.39 is 23.9 Å². The lowest BCUT2D eigenvalue weighted by molar-refractivity contribution is -0.137. The molecule has 4 rings (SSSR count). The summed E-state index contributed by atoms with van der Waals surface area (Å²) in [7, 11) is 1.48. The van der Waals surface area contributed by atoms with Gasteiger partial charge in [0.2, 0.25) is 0 Å². The minimum absolute atomic E-state index is 0.0326. The second kappa shape index (κ2) is 10.7. The SMILES string of the molecule is COc1ccccc1NC(=O)N(Cc1ccc(C(F)(F)F)cc1)C[C@@H]1CC(c2ccc(F)cc2)=NO1. The molecule has 188 valence electrons. The minimum Gasteiger partial charge on any atom is -0.495 e. The molecule has 1 atom stereocenters. The van der Waals surface area contributed by atoms with Crippen molar-refractivity contribution in [3.63, 3.8) is 0 Å². The molecule has 6 nitrogen and oxygen atoms in total. The Hall–Kier alpha value is -4.08. The highest BCUT2D eigenvalue weighted by atomic mass is 19.4. The number of para-hydroxylation sites is 2. The van der Waals surface area contributed by atoms with E-state index in [-0.39, 0.29) is 18.9 Å². The molecule has 0 spiro atoms. The molecule has 1 aliphatic heterocycles. The molecule has 0 bridgehead atoms. The summed E-state index contributed by atoms with van der Waals surface area (Å²) < 4.78 is 57.4. The van der Waals surface area contributed by atoms with Crippen molar-refractivity contribution < 1.29 is 31.9 Å². The van der Waals surface area contributed by atoms with Crippen LogP contribution in [0.4, 0.5) is 28.0 Å². The first-order valence-corrected chi connectivity index (χ1v) is 11.1. The van der Waals surface area contributed by atoms with E-state index >= 15 is 0 Å². The lowest BCUT2D eigenvalue weighted by Crippen LogP contribution is -2.40. The number of nitrogens with zero attached hydrogens (tertiary/aromatic N) is 2. The monoisotopic (exact) mass is 501 g/mol. The van der Waals surface area contributed by atoms with Gasteiger partial charge in [-0.2, -0.15) is 13.2 Å². The predicted octanol–water partition coefficient (Wildman–Crippen LogP) is 6.08. The third-order valence-electron chi connectivity index (χ3n) is 5.62. The number of amides is 2. The van der Waals surface area contributed by atoms with E-state index in [1.165, 1.54) is 36.3 Å². The number of hydrogen-bond donors (Lipinski definition) is 1. The number of carbonyl (C=O) groups is 1. The fourth-order valence-electron chi connectivity index (χ4n) is 3.77. The third-order valence-corrected chi connectivity index (χ3v) is 5.62. The van der Waals surface area contributed by atoms with Crippen molar-refractivity contribution in [1.82, 2.24) is 4.90 Å². The van der Waals surface area contributed by atoms with Crippen LogP contribution in [-0.4, -0.2) is 36.4 Å². The maximum atomic E-state index is 13.2. The zero-order valence-corrected chi connectivity index (χ0v) is 19.3. The summed E-state index contributed by atoms with van der Waals surface area (Å²) in [5.74, 6) is 0.0879. The molecule has 3 aromatic carbocycles. The van der Waals surface area contributed by atoms with E-state index in [4.69, 9.17) is 9.57 Å². The molecule has 0 saturated carbocycles. The number of benzene rings is 3. The molecule has 3 aromatic rings. The molecule has 1 heterocycles. The molecule has 0 fully saturated rings. The number of anilines is 1. The normalized spacial score (nSPS) is 15.1. The quantitative estimate of drug-likeness (QED) is 0.399. The average Bonchev–Trinajstić information content (AvgIpc) is 3.32. The zero-order chi connectivity index (χ0) is 25.7. The minimum atomic E-state index is -4.45.